The van der Waals surface area contributed by atoms with Crippen molar-refractivity contribution in [1.29, 1.82) is 0 Å². The SMILES string of the molecule is CCC(CC[C@@H](C)[C@H]1CC[C@H]2[C@@H]3CC[C@H]4[C@H](C)CCC[C@]4(C)[C@H]3CC[C@]12C)C(C)C. The summed E-state index contributed by atoms with van der Waals surface area (Å²) in [4.78, 5) is 0. The molecule has 1 unspecified atom stereocenters. The van der Waals surface area contributed by atoms with E-state index in [1.165, 1.54) is 32.1 Å². The molecular formula is C30H54. The van der Waals surface area contributed by atoms with E-state index >= 15 is 0 Å². The molecule has 4 saturated carbocycles. The van der Waals surface area contributed by atoms with Gasteiger partial charge in [-0.2, -0.15) is 0 Å². The predicted molar refractivity (Wildman–Crippen MR) is 131 cm³/mol. The molecule has 4 aliphatic carbocycles. The van der Waals surface area contributed by atoms with Crippen molar-refractivity contribution in [2.75, 3.05) is 0 Å². The second kappa shape index (κ2) is 8.74. The Labute approximate surface area is 189 Å². The van der Waals surface area contributed by atoms with Gasteiger partial charge < -0.3 is 0 Å². The first kappa shape index (κ1) is 23.2. The van der Waals surface area contributed by atoms with Crippen LogP contribution in [0, 0.1) is 64.1 Å². The van der Waals surface area contributed by atoms with Crippen LogP contribution in [0.25, 0.3) is 0 Å². The fourth-order valence-corrected chi connectivity index (χ4v) is 10.5. The average molecular weight is 415 g/mol. The zero-order chi connectivity index (χ0) is 21.7. The number of rotatable bonds is 6. The Kier molecular flexibility index (Phi) is 6.75. The minimum absolute atomic E-state index is 0.656. The van der Waals surface area contributed by atoms with Gasteiger partial charge in [-0.25, -0.2) is 0 Å². The lowest BCUT2D eigenvalue weighted by Crippen LogP contribution is -2.54. The third-order valence-electron chi connectivity index (χ3n) is 12.2. The normalized spacial score (nSPS) is 48.0. The zero-order valence-corrected chi connectivity index (χ0v) is 21.7. The summed E-state index contributed by atoms with van der Waals surface area (Å²) in [5.74, 6) is 8.93. The van der Waals surface area contributed by atoms with Crippen molar-refractivity contribution in [1.82, 2.24) is 0 Å². The van der Waals surface area contributed by atoms with E-state index in [0.29, 0.717) is 10.8 Å². The van der Waals surface area contributed by atoms with E-state index in [4.69, 9.17) is 0 Å². The van der Waals surface area contributed by atoms with E-state index in [1.807, 2.05) is 0 Å². The Morgan fingerprint density at radius 1 is 0.767 bits per heavy atom. The summed E-state index contributed by atoms with van der Waals surface area (Å²) in [6.45, 7) is 18.0. The summed E-state index contributed by atoms with van der Waals surface area (Å²) in [7, 11) is 0. The monoisotopic (exact) mass is 414 g/mol. The predicted octanol–water partition coefficient (Wildman–Crippen LogP) is 9.38. The van der Waals surface area contributed by atoms with Gasteiger partial charge in [-0.15, -0.1) is 0 Å². The third kappa shape index (κ3) is 3.73. The largest absolute Gasteiger partial charge is 0.0651 e. The summed E-state index contributed by atoms with van der Waals surface area (Å²) >= 11 is 0. The van der Waals surface area contributed by atoms with Crippen molar-refractivity contribution in [2.24, 2.45) is 64.1 Å². The minimum atomic E-state index is 0.656. The quantitative estimate of drug-likeness (QED) is 0.406. The topological polar surface area (TPSA) is 0 Å². The molecule has 4 rings (SSSR count). The maximum atomic E-state index is 2.76. The van der Waals surface area contributed by atoms with Crippen molar-refractivity contribution in [3.63, 3.8) is 0 Å². The van der Waals surface area contributed by atoms with Gasteiger partial charge in [-0.05, 0) is 115 Å². The first-order chi connectivity index (χ1) is 14.2. The highest BCUT2D eigenvalue weighted by atomic mass is 14.7. The second-order valence-electron chi connectivity index (χ2n) is 13.6. The summed E-state index contributed by atoms with van der Waals surface area (Å²) in [6.07, 6.45) is 18.2. The van der Waals surface area contributed by atoms with Gasteiger partial charge in [-0.3, -0.25) is 0 Å². The second-order valence-corrected chi connectivity index (χ2v) is 13.6. The molecule has 0 saturated heterocycles. The Balaban J connectivity index is 1.46. The van der Waals surface area contributed by atoms with Crippen LogP contribution in [0.5, 0.6) is 0 Å². The van der Waals surface area contributed by atoms with Crippen molar-refractivity contribution in [3.05, 3.63) is 0 Å². The molecule has 0 amide bonds. The molecular weight excluding hydrogens is 360 g/mol. The van der Waals surface area contributed by atoms with Crippen molar-refractivity contribution in [3.8, 4) is 0 Å². The van der Waals surface area contributed by atoms with Crippen LogP contribution in [0.4, 0.5) is 0 Å². The number of fused-ring (bicyclic) bond motifs is 5. The maximum absolute atomic E-state index is 2.76. The molecule has 0 aliphatic heterocycles. The van der Waals surface area contributed by atoms with E-state index in [1.54, 1.807) is 44.9 Å². The molecule has 0 bridgehead atoms. The van der Waals surface area contributed by atoms with Crippen molar-refractivity contribution < 1.29 is 0 Å². The molecule has 0 heterocycles. The molecule has 0 N–H and O–H groups in total. The highest BCUT2D eigenvalue weighted by Gasteiger charge is 2.60. The molecule has 0 heteroatoms. The first-order valence-corrected chi connectivity index (χ1v) is 14.2. The number of hydrogen-bond acceptors (Lipinski definition) is 0. The molecule has 0 radical (unpaired) electrons. The van der Waals surface area contributed by atoms with Crippen molar-refractivity contribution >= 4 is 0 Å². The fourth-order valence-electron chi connectivity index (χ4n) is 10.5. The number of hydrogen-bond donors (Lipinski definition) is 0. The molecule has 4 fully saturated rings. The summed E-state index contributed by atoms with van der Waals surface area (Å²) in [6, 6.07) is 0. The molecule has 0 aromatic heterocycles. The van der Waals surface area contributed by atoms with Gasteiger partial charge >= 0.3 is 0 Å². The van der Waals surface area contributed by atoms with Gasteiger partial charge in [0.1, 0.15) is 0 Å². The van der Waals surface area contributed by atoms with Crippen LogP contribution in [0.15, 0.2) is 0 Å². The lowest BCUT2D eigenvalue weighted by molar-refractivity contribution is -0.127. The van der Waals surface area contributed by atoms with Gasteiger partial charge in [0.15, 0.2) is 0 Å². The highest BCUT2D eigenvalue weighted by molar-refractivity contribution is 5.09. The van der Waals surface area contributed by atoms with Crippen LogP contribution in [-0.4, -0.2) is 0 Å². The van der Waals surface area contributed by atoms with Gasteiger partial charge in [0.25, 0.3) is 0 Å². The summed E-state index contributed by atoms with van der Waals surface area (Å²) in [5.41, 5.74) is 1.33. The van der Waals surface area contributed by atoms with Crippen LogP contribution in [0.1, 0.15) is 126 Å². The lowest BCUT2D eigenvalue weighted by atomic mass is 9.43. The van der Waals surface area contributed by atoms with Gasteiger partial charge in [0, 0.05) is 0 Å². The van der Waals surface area contributed by atoms with Gasteiger partial charge in [0.05, 0.1) is 0 Å². The molecule has 0 nitrogen and oxygen atoms in total. The molecule has 30 heavy (non-hydrogen) atoms. The molecule has 174 valence electrons. The molecule has 4 aliphatic rings. The van der Waals surface area contributed by atoms with Gasteiger partial charge in [0.2, 0.25) is 0 Å². The zero-order valence-electron chi connectivity index (χ0n) is 21.7. The third-order valence-corrected chi connectivity index (χ3v) is 12.2. The van der Waals surface area contributed by atoms with Crippen LogP contribution in [0.3, 0.4) is 0 Å². The molecule has 0 aromatic carbocycles. The maximum Gasteiger partial charge on any atom is -0.0264 e. The van der Waals surface area contributed by atoms with Crippen LogP contribution >= 0.6 is 0 Å². The van der Waals surface area contributed by atoms with E-state index in [0.717, 1.165) is 53.3 Å². The highest BCUT2D eigenvalue weighted by Crippen LogP contribution is 2.68. The average Bonchev–Trinajstić information content (AvgIpc) is 3.05. The van der Waals surface area contributed by atoms with Gasteiger partial charge in [-0.1, -0.05) is 74.1 Å². The lowest BCUT2D eigenvalue weighted by Gasteiger charge is -2.62. The smallest absolute Gasteiger partial charge is 0.0264 e. The van der Waals surface area contributed by atoms with E-state index in [-0.39, 0.29) is 0 Å². The Hall–Kier alpha value is 0. The van der Waals surface area contributed by atoms with Crippen molar-refractivity contribution in [2.45, 2.75) is 126 Å². The summed E-state index contributed by atoms with van der Waals surface area (Å²) < 4.78 is 0. The van der Waals surface area contributed by atoms with Crippen LogP contribution in [0.2, 0.25) is 0 Å². The van der Waals surface area contributed by atoms with Crippen LogP contribution < -0.4 is 0 Å². The molecule has 10 atom stereocenters. The minimum Gasteiger partial charge on any atom is -0.0651 e. The van der Waals surface area contributed by atoms with E-state index < -0.39 is 0 Å². The van der Waals surface area contributed by atoms with E-state index in [9.17, 15) is 0 Å². The summed E-state index contributed by atoms with van der Waals surface area (Å²) in [5, 5.41) is 0. The molecule has 0 spiro atoms. The van der Waals surface area contributed by atoms with Crippen LogP contribution in [-0.2, 0) is 0 Å². The Morgan fingerprint density at radius 3 is 2.17 bits per heavy atom. The Morgan fingerprint density at radius 2 is 1.47 bits per heavy atom. The van der Waals surface area contributed by atoms with E-state index in [2.05, 4.69) is 48.5 Å². The Bertz CT molecular complexity index is 577. The first-order valence-electron chi connectivity index (χ1n) is 14.2. The fraction of sp³-hybridized carbons (Fsp3) is 1.00. The standard InChI is InChI=1S/C30H54/c1-8-23(20(2)3)12-11-22(5)26-15-16-27-24-13-14-25-21(4)10-9-18-29(25,6)28(24)17-19-30(26,27)7/h20-28H,8-19H2,1-7H3/t21-,22-,23?,24+,25+,26-,27+,28+,29+,30-/m1/s1. The molecule has 0 aromatic rings.